The second-order valence-electron chi connectivity index (χ2n) is 3.88. The van der Waals surface area contributed by atoms with Gasteiger partial charge in [-0.05, 0) is 25.1 Å². The lowest BCUT2D eigenvalue weighted by atomic mass is 10.2. The minimum Gasteiger partial charge on any atom is -0.352 e. The summed E-state index contributed by atoms with van der Waals surface area (Å²) in [5.74, 6) is -0.0975. The summed E-state index contributed by atoms with van der Waals surface area (Å²) in [5, 5.41) is 3.44. The summed E-state index contributed by atoms with van der Waals surface area (Å²) in [4.78, 5) is 17.2. The molecule has 1 aromatic heterocycles. The molecule has 0 fully saturated rings. The third kappa shape index (κ3) is 3.31. The van der Waals surface area contributed by atoms with Gasteiger partial charge in [0.25, 0.3) is 5.91 Å². The molecule has 0 aliphatic rings. The Morgan fingerprint density at radius 3 is 3.00 bits per heavy atom. The average Bonchev–Trinajstić information content (AvgIpc) is 2.75. The number of benzene rings is 1. The van der Waals surface area contributed by atoms with Crippen molar-refractivity contribution in [3.63, 3.8) is 0 Å². The van der Waals surface area contributed by atoms with E-state index < -0.39 is 0 Å². The van der Waals surface area contributed by atoms with Gasteiger partial charge < -0.3 is 5.32 Å². The fourth-order valence-electron chi connectivity index (χ4n) is 1.59. The van der Waals surface area contributed by atoms with Gasteiger partial charge >= 0.3 is 0 Å². The molecule has 2 aromatic rings. The Kier molecular flexibility index (Phi) is 4.33. The molecular weight excluding hydrogens is 268 g/mol. The summed E-state index contributed by atoms with van der Waals surface area (Å²) in [5.41, 5.74) is 3.45. The predicted octanol–water partition coefficient (Wildman–Crippen LogP) is 3.08. The van der Waals surface area contributed by atoms with Crippen molar-refractivity contribution in [1.29, 1.82) is 0 Å². The van der Waals surface area contributed by atoms with Gasteiger partial charge in [0.2, 0.25) is 0 Å². The van der Waals surface area contributed by atoms with Crippen LogP contribution in [0.2, 0.25) is 5.02 Å². The molecule has 0 aliphatic carbocycles. The summed E-state index contributed by atoms with van der Waals surface area (Å²) >= 11 is 7.45. The fourth-order valence-corrected chi connectivity index (χ4v) is 2.56. The maximum Gasteiger partial charge on any atom is 0.251 e. The first-order valence-electron chi connectivity index (χ1n) is 5.59. The van der Waals surface area contributed by atoms with Gasteiger partial charge in [-0.2, -0.15) is 0 Å². The molecule has 1 heterocycles. The number of rotatable bonds is 4. The first kappa shape index (κ1) is 13.1. The number of hydrogen-bond acceptors (Lipinski definition) is 3. The smallest absolute Gasteiger partial charge is 0.251 e. The van der Waals surface area contributed by atoms with Crippen molar-refractivity contribution in [2.75, 3.05) is 6.54 Å². The molecule has 0 saturated heterocycles. The van der Waals surface area contributed by atoms with Crippen molar-refractivity contribution in [2.45, 2.75) is 13.3 Å². The monoisotopic (exact) mass is 280 g/mol. The lowest BCUT2D eigenvalue weighted by Gasteiger charge is -2.04. The van der Waals surface area contributed by atoms with Crippen LogP contribution < -0.4 is 5.32 Å². The first-order valence-corrected chi connectivity index (χ1v) is 6.85. The minimum atomic E-state index is -0.0975. The number of nitrogens with one attached hydrogen (secondary N) is 1. The Hall–Kier alpha value is -1.39. The van der Waals surface area contributed by atoms with Crippen LogP contribution in [0.25, 0.3) is 0 Å². The lowest BCUT2D eigenvalue weighted by Crippen LogP contribution is -2.25. The van der Waals surface area contributed by atoms with Crippen LogP contribution in [-0.4, -0.2) is 17.4 Å². The van der Waals surface area contributed by atoms with Crippen LogP contribution in [0.3, 0.4) is 0 Å². The van der Waals surface area contributed by atoms with E-state index in [0.717, 1.165) is 12.1 Å². The molecule has 0 atom stereocenters. The third-order valence-corrected chi connectivity index (χ3v) is 3.80. The zero-order chi connectivity index (χ0) is 13.0. The van der Waals surface area contributed by atoms with Crippen LogP contribution in [0.15, 0.2) is 29.8 Å². The van der Waals surface area contributed by atoms with Crippen molar-refractivity contribution >= 4 is 28.8 Å². The normalized spacial score (nSPS) is 10.3. The second kappa shape index (κ2) is 5.98. The summed E-state index contributed by atoms with van der Waals surface area (Å²) in [6.45, 7) is 2.58. The molecule has 3 nitrogen and oxygen atoms in total. The SMILES string of the molecule is Cc1ncsc1CCNC(=O)c1cccc(Cl)c1. The van der Waals surface area contributed by atoms with Crippen LogP contribution in [0.5, 0.6) is 0 Å². The number of amides is 1. The van der Waals surface area contributed by atoms with Gasteiger partial charge in [0.1, 0.15) is 0 Å². The van der Waals surface area contributed by atoms with Crippen molar-refractivity contribution in [1.82, 2.24) is 10.3 Å². The van der Waals surface area contributed by atoms with Gasteiger partial charge in [0.15, 0.2) is 0 Å². The summed E-state index contributed by atoms with van der Waals surface area (Å²) in [6.07, 6.45) is 0.808. The minimum absolute atomic E-state index is 0.0975. The molecule has 0 radical (unpaired) electrons. The summed E-state index contributed by atoms with van der Waals surface area (Å²) in [6, 6.07) is 6.93. The zero-order valence-corrected chi connectivity index (χ0v) is 11.5. The van der Waals surface area contributed by atoms with E-state index in [0.29, 0.717) is 17.1 Å². The fraction of sp³-hybridized carbons (Fsp3) is 0.231. The number of aryl methyl sites for hydroxylation is 1. The summed E-state index contributed by atoms with van der Waals surface area (Å²) in [7, 11) is 0. The van der Waals surface area contributed by atoms with E-state index in [1.165, 1.54) is 4.88 Å². The third-order valence-electron chi connectivity index (χ3n) is 2.57. The van der Waals surface area contributed by atoms with Crippen molar-refractivity contribution < 1.29 is 4.79 Å². The number of hydrogen-bond donors (Lipinski definition) is 1. The highest BCUT2D eigenvalue weighted by molar-refractivity contribution is 7.09. The van der Waals surface area contributed by atoms with Gasteiger partial charge in [-0.3, -0.25) is 4.79 Å². The van der Waals surface area contributed by atoms with Crippen LogP contribution in [-0.2, 0) is 6.42 Å². The molecule has 2 rings (SSSR count). The molecule has 0 saturated carbocycles. The van der Waals surface area contributed by atoms with Gasteiger partial charge in [0.05, 0.1) is 11.2 Å². The number of nitrogens with zero attached hydrogens (tertiary/aromatic N) is 1. The van der Waals surface area contributed by atoms with E-state index >= 15 is 0 Å². The molecule has 18 heavy (non-hydrogen) atoms. The highest BCUT2D eigenvalue weighted by Gasteiger charge is 2.06. The van der Waals surface area contributed by atoms with E-state index in [2.05, 4.69) is 10.3 Å². The van der Waals surface area contributed by atoms with Crippen LogP contribution >= 0.6 is 22.9 Å². The topological polar surface area (TPSA) is 42.0 Å². The first-order chi connectivity index (χ1) is 8.66. The lowest BCUT2D eigenvalue weighted by molar-refractivity contribution is 0.0954. The van der Waals surface area contributed by atoms with E-state index in [1.54, 1.807) is 35.6 Å². The Labute approximate surface area is 115 Å². The van der Waals surface area contributed by atoms with Crippen LogP contribution in [0.1, 0.15) is 20.9 Å². The second-order valence-corrected chi connectivity index (χ2v) is 5.25. The predicted molar refractivity (Wildman–Crippen MR) is 74.3 cm³/mol. The van der Waals surface area contributed by atoms with Gasteiger partial charge in [-0.15, -0.1) is 11.3 Å². The Bertz CT molecular complexity index is 553. The Morgan fingerprint density at radius 1 is 1.50 bits per heavy atom. The Balaban J connectivity index is 1.87. The number of carbonyl (C=O) groups is 1. The van der Waals surface area contributed by atoms with E-state index in [1.807, 2.05) is 12.4 Å². The largest absolute Gasteiger partial charge is 0.352 e. The average molecular weight is 281 g/mol. The molecule has 1 amide bonds. The highest BCUT2D eigenvalue weighted by atomic mass is 35.5. The van der Waals surface area contributed by atoms with Crippen LogP contribution in [0, 0.1) is 6.92 Å². The van der Waals surface area contributed by atoms with Gasteiger partial charge in [0, 0.05) is 28.4 Å². The molecule has 5 heteroatoms. The standard InChI is InChI=1S/C13H13ClN2OS/c1-9-12(18-8-16-9)5-6-15-13(17)10-3-2-4-11(14)7-10/h2-4,7-8H,5-6H2,1H3,(H,15,17). The summed E-state index contributed by atoms with van der Waals surface area (Å²) < 4.78 is 0. The maximum atomic E-state index is 11.8. The Morgan fingerprint density at radius 2 is 2.33 bits per heavy atom. The highest BCUT2D eigenvalue weighted by Crippen LogP contribution is 2.13. The van der Waals surface area contributed by atoms with E-state index in [4.69, 9.17) is 11.6 Å². The molecule has 0 spiro atoms. The number of thiazole rings is 1. The van der Waals surface area contributed by atoms with Crippen LogP contribution in [0.4, 0.5) is 0 Å². The van der Waals surface area contributed by atoms with E-state index in [-0.39, 0.29) is 5.91 Å². The molecule has 0 aliphatic heterocycles. The van der Waals surface area contributed by atoms with Gasteiger partial charge in [-0.25, -0.2) is 4.98 Å². The molecule has 1 aromatic carbocycles. The quantitative estimate of drug-likeness (QED) is 0.935. The molecule has 1 N–H and O–H groups in total. The molecule has 0 bridgehead atoms. The van der Waals surface area contributed by atoms with E-state index in [9.17, 15) is 4.79 Å². The van der Waals surface area contributed by atoms with Crippen molar-refractivity contribution in [2.24, 2.45) is 0 Å². The van der Waals surface area contributed by atoms with Crippen molar-refractivity contribution in [3.05, 3.63) is 50.9 Å². The molecule has 94 valence electrons. The number of carbonyl (C=O) groups excluding carboxylic acids is 1. The van der Waals surface area contributed by atoms with Crippen molar-refractivity contribution in [3.8, 4) is 0 Å². The number of aromatic nitrogens is 1. The zero-order valence-electron chi connectivity index (χ0n) is 9.94. The molecule has 0 unspecified atom stereocenters. The number of halogens is 1. The maximum absolute atomic E-state index is 11.8. The van der Waals surface area contributed by atoms with Gasteiger partial charge in [-0.1, -0.05) is 17.7 Å². The molecular formula is C13H13ClN2OS.